The minimum absolute atomic E-state index is 0.292. The summed E-state index contributed by atoms with van der Waals surface area (Å²) in [6.07, 6.45) is 4.09. The highest BCUT2D eigenvalue weighted by Gasteiger charge is 2.18. The predicted molar refractivity (Wildman–Crippen MR) is 58.7 cm³/mol. The van der Waals surface area contributed by atoms with Crippen LogP contribution in [0.3, 0.4) is 0 Å². The van der Waals surface area contributed by atoms with Gasteiger partial charge in [0.15, 0.2) is 0 Å². The molecule has 1 rings (SSSR count). The Hall–Kier alpha value is -0.160. The third kappa shape index (κ3) is 5.47. The van der Waals surface area contributed by atoms with E-state index in [1.54, 1.807) is 6.92 Å². The van der Waals surface area contributed by atoms with Gasteiger partial charge < -0.3 is 20.3 Å². The van der Waals surface area contributed by atoms with E-state index in [-0.39, 0.29) is 0 Å². The summed E-state index contributed by atoms with van der Waals surface area (Å²) in [7, 11) is 0. The molecule has 4 nitrogen and oxygen atoms in total. The van der Waals surface area contributed by atoms with Crippen molar-refractivity contribution in [3.05, 3.63) is 0 Å². The molecule has 2 unspecified atom stereocenters. The van der Waals surface area contributed by atoms with E-state index in [0.717, 1.165) is 25.9 Å². The Kier molecular flexibility index (Phi) is 5.53. The first kappa shape index (κ1) is 12.9. The molecule has 0 aromatic heterocycles. The van der Waals surface area contributed by atoms with Crippen molar-refractivity contribution in [1.29, 1.82) is 0 Å². The summed E-state index contributed by atoms with van der Waals surface area (Å²) in [6.45, 7) is 4.29. The lowest BCUT2D eigenvalue weighted by Gasteiger charge is -2.20. The van der Waals surface area contributed by atoms with Crippen molar-refractivity contribution < 1.29 is 14.6 Å². The molecule has 0 amide bonds. The molecule has 0 aromatic carbocycles. The fraction of sp³-hybridized carbons (Fsp3) is 1.00. The van der Waals surface area contributed by atoms with E-state index in [0.29, 0.717) is 32.3 Å². The molecular weight excluding hydrogens is 194 g/mol. The van der Waals surface area contributed by atoms with Crippen LogP contribution in [-0.2, 0) is 9.47 Å². The van der Waals surface area contributed by atoms with Crippen LogP contribution in [0.4, 0.5) is 0 Å². The van der Waals surface area contributed by atoms with Crippen LogP contribution in [0.2, 0.25) is 0 Å². The van der Waals surface area contributed by atoms with Crippen LogP contribution in [0, 0.1) is 0 Å². The van der Waals surface area contributed by atoms with E-state index < -0.39 is 5.60 Å². The Labute approximate surface area is 91.7 Å². The number of rotatable bonds is 7. The van der Waals surface area contributed by atoms with Gasteiger partial charge in [0.1, 0.15) is 0 Å². The maximum absolute atomic E-state index is 9.63. The van der Waals surface area contributed by atoms with Crippen LogP contribution >= 0.6 is 0 Å². The van der Waals surface area contributed by atoms with Crippen LogP contribution in [-0.4, -0.2) is 43.2 Å². The van der Waals surface area contributed by atoms with Gasteiger partial charge in [-0.3, -0.25) is 0 Å². The molecule has 0 radical (unpaired) electrons. The predicted octanol–water partition coefficient (Wildman–Crippen LogP) is 0.672. The fourth-order valence-electron chi connectivity index (χ4n) is 1.65. The van der Waals surface area contributed by atoms with Crippen LogP contribution in [0.15, 0.2) is 0 Å². The number of nitrogens with two attached hydrogens (primary N) is 1. The summed E-state index contributed by atoms with van der Waals surface area (Å²) < 4.78 is 10.9. The van der Waals surface area contributed by atoms with E-state index in [1.165, 1.54) is 0 Å². The van der Waals surface area contributed by atoms with E-state index in [1.807, 2.05) is 0 Å². The Morgan fingerprint density at radius 3 is 3.00 bits per heavy atom. The van der Waals surface area contributed by atoms with Gasteiger partial charge in [-0.15, -0.1) is 0 Å². The first-order valence-corrected chi connectivity index (χ1v) is 5.76. The first-order valence-electron chi connectivity index (χ1n) is 5.76. The largest absolute Gasteiger partial charge is 0.389 e. The van der Waals surface area contributed by atoms with Gasteiger partial charge in [-0.25, -0.2) is 0 Å². The molecule has 0 bridgehead atoms. The molecule has 3 N–H and O–H groups in total. The third-order valence-electron chi connectivity index (χ3n) is 2.77. The Morgan fingerprint density at radius 1 is 1.60 bits per heavy atom. The fourth-order valence-corrected chi connectivity index (χ4v) is 1.65. The molecule has 0 aliphatic carbocycles. The Bertz CT molecular complexity index is 167. The third-order valence-corrected chi connectivity index (χ3v) is 2.77. The lowest BCUT2D eigenvalue weighted by Crippen LogP contribution is -2.34. The second-order valence-corrected chi connectivity index (χ2v) is 4.51. The molecule has 1 aliphatic rings. The summed E-state index contributed by atoms with van der Waals surface area (Å²) >= 11 is 0. The van der Waals surface area contributed by atoms with Crippen molar-refractivity contribution in [3.8, 4) is 0 Å². The maximum atomic E-state index is 9.63. The highest BCUT2D eigenvalue weighted by atomic mass is 16.5. The molecule has 15 heavy (non-hydrogen) atoms. The normalized spacial score (nSPS) is 25.4. The topological polar surface area (TPSA) is 64.7 Å². The van der Waals surface area contributed by atoms with Gasteiger partial charge in [-0.05, 0) is 32.6 Å². The number of hydrogen-bond donors (Lipinski definition) is 2. The molecule has 1 fully saturated rings. The van der Waals surface area contributed by atoms with E-state index >= 15 is 0 Å². The lowest BCUT2D eigenvalue weighted by molar-refractivity contribution is 0.00556. The molecule has 0 spiro atoms. The monoisotopic (exact) mass is 217 g/mol. The molecule has 2 atom stereocenters. The van der Waals surface area contributed by atoms with Crippen LogP contribution in [0.25, 0.3) is 0 Å². The lowest BCUT2D eigenvalue weighted by atomic mass is 10.0. The van der Waals surface area contributed by atoms with Gasteiger partial charge in [0.25, 0.3) is 0 Å². The highest BCUT2D eigenvalue weighted by molar-refractivity contribution is 4.72. The second kappa shape index (κ2) is 6.43. The van der Waals surface area contributed by atoms with Crippen LogP contribution in [0.5, 0.6) is 0 Å². The standard InChI is InChI=1S/C11H23NO3/c1-11(13,9-12)5-3-6-14-8-10-4-2-7-15-10/h10,13H,2-9,12H2,1H3. The molecular formula is C11H23NO3. The van der Waals surface area contributed by atoms with Crippen LogP contribution < -0.4 is 5.73 Å². The molecule has 0 saturated carbocycles. The van der Waals surface area contributed by atoms with Gasteiger partial charge in [-0.1, -0.05) is 0 Å². The van der Waals surface area contributed by atoms with Gasteiger partial charge >= 0.3 is 0 Å². The number of hydrogen-bond acceptors (Lipinski definition) is 4. The summed E-state index contributed by atoms with van der Waals surface area (Å²) in [4.78, 5) is 0. The highest BCUT2D eigenvalue weighted by Crippen LogP contribution is 2.13. The minimum Gasteiger partial charge on any atom is -0.389 e. The SMILES string of the molecule is CC(O)(CN)CCCOCC1CCCO1. The maximum Gasteiger partial charge on any atom is 0.0809 e. The molecule has 1 saturated heterocycles. The van der Waals surface area contributed by atoms with Gasteiger partial charge in [-0.2, -0.15) is 0 Å². The molecule has 4 heteroatoms. The zero-order valence-corrected chi connectivity index (χ0v) is 9.58. The molecule has 1 heterocycles. The summed E-state index contributed by atoms with van der Waals surface area (Å²) in [6, 6.07) is 0. The molecule has 90 valence electrons. The Balaban J connectivity index is 1.92. The van der Waals surface area contributed by atoms with E-state index in [2.05, 4.69) is 0 Å². The average molecular weight is 217 g/mol. The molecule has 1 aliphatic heterocycles. The van der Waals surface area contributed by atoms with Gasteiger partial charge in [0.05, 0.1) is 18.3 Å². The smallest absolute Gasteiger partial charge is 0.0809 e. The summed E-state index contributed by atoms with van der Waals surface area (Å²) in [5.74, 6) is 0. The van der Waals surface area contributed by atoms with Crippen molar-refractivity contribution in [3.63, 3.8) is 0 Å². The second-order valence-electron chi connectivity index (χ2n) is 4.51. The minimum atomic E-state index is -0.743. The van der Waals surface area contributed by atoms with E-state index in [9.17, 15) is 5.11 Å². The Morgan fingerprint density at radius 2 is 2.40 bits per heavy atom. The molecule has 0 aromatic rings. The van der Waals surface area contributed by atoms with E-state index in [4.69, 9.17) is 15.2 Å². The van der Waals surface area contributed by atoms with Crippen molar-refractivity contribution in [1.82, 2.24) is 0 Å². The van der Waals surface area contributed by atoms with Gasteiger partial charge in [0.2, 0.25) is 0 Å². The number of aliphatic hydroxyl groups is 1. The zero-order chi connectivity index (χ0) is 11.1. The zero-order valence-electron chi connectivity index (χ0n) is 9.58. The van der Waals surface area contributed by atoms with Gasteiger partial charge in [0, 0.05) is 19.8 Å². The summed E-state index contributed by atoms with van der Waals surface area (Å²) in [5, 5.41) is 9.63. The summed E-state index contributed by atoms with van der Waals surface area (Å²) in [5.41, 5.74) is 4.67. The first-order chi connectivity index (χ1) is 7.14. The van der Waals surface area contributed by atoms with Crippen molar-refractivity contribution >= 4 is 0 Å². The average Bonchev–Trinajstić information content (AvgIpc) is 2.70. The van der Waals surface area contributed by atoms with Crippen molar-refractivity contribution in [2.45, 2.75) is 44.3 Å². The van der Waals surface area contributed by atoms with Crippen molar-refractivity contribution in [2.24, 2.45) is 5.73 Å². The van der Waals surface area contributed by atoms with Crippen molar-refractivity contribution in [2.75, 3.05) is 26.4 Å². The number of ether oxygens (including phenoxy) is 2. The van der Waals surface area contributed by atoms with Crippen LogP contribution in [0.1, 0.15) is 32.6 Å². The quantitative estimate of drug-likeness (QED) is 0.615.